The minimum absolute atomic E-state index is 0.0340. The quantitative estimate of drug-likeness (QED) is 0.712. The Kier molecular flexibility index (Phi) is 5.36. The molecular weight excluding hydrogens is 396 g/mol. The van der Waals surface area contributed by atoms with Crippen molar-refractivity contribution in [1.29, 1.82) is 0 Å². The third-order valence-electron chi connectivity index (χ3n) is 4.50. The number of amides is 2. The summed E-state index contributed by atoms with van der Waals surface area (Å²) in [6.07, 6.45) is 4.55. The molecule has 142 valence electrons. The fraction of sp³-hybridized carbons (Fsp3) is 0.200. The van der Waals surface area contributed by atoms with Crippen molar-refractivity contribution in [2.24, 2.45) is 0 Å². The maximum absolute atomic E-state index is 12.7. The van der Waals surface area contributed by atoms with Gasteiger partial charge in [0.25, 0.3) is 11.8 Å². The van der Waals surface area contributed by atoms with Gasteiger partial charge in [0.05, 0.1) is 5.69 Å². The molecule has 28 heavy (non-hydrogen) atoms. The van der Waals surface area contributed by atoms with Gasteiger partial charge in [-0.3, -0.25) is 14.6 Å². The summed E-state index contributed by atoms with van der Waals surface area (Å²) in [6.45, 7) is 1.15. The van der Waals surface area contributed by atoms with Gasteiger partial charge in [0.1, 0.15) is 0 Å². The molecule has 8 heteroatoms. The molecule has 0 aliphatic carbocycles. The molecule has 1 N–H and O–H groups in total. The third-order valence-corrected chi connectivity index (χ3v) is 5.89. The van der Waals surface area contributed by atoms with Gasteiger partial charge in [0, 0.05) is 59.5 Å². The number of fused-ring (bicyclic) bond motifs is 1. The first-order valence-corrected chi connectivity index (χ1v) is 10.0. The minimum Gasteiger partial charge on any atom is -0.338 e. The Hall–Kier alpha value is -2.77. The maximum atomic E-state index is 12.7. The highest BCUT2D eigenvalue weighted by atomic mass is 35.5. The van der Waals surface area contributed by atoms with Crippen LogP contribution in [0.3, 0.4) is 0 Å². The minimum atomic E-state index is -0.226. The van der Waals surface area contributed by atoms with Crippen LogP contribution in [-0.4, -0.2) is 39.8 Å². The van der Waals surface area contributed by atoms with Crippen LogP contribution in [0.1, 0.15) is 30.7 Å². The number of thiazole rings is 1. The number of nitrogens with one attached hydrogen (secondary N) is 1. The largest absolute Gasteiger partial charge is 0.338 e. The van der Waals surface area contributed by atoms with E-state index in [0.717, 1.165) is 10.6 Å². The normalized spacial score (nSPS) is 13.5. The molecule has 0 saturated heterocycles. The van der Waals surface area contributed by atoms with Gasteiger partial charge in [-0.15, -0.1) is 11.3 Å². The van der Waals surface area contributed by atoms with E-state index >= 15 is 0 Å². The molecule has 3 aromatic rings. The summed E-state index contributed by atoms with van der Waals surface area (Å²) >= 11 is 7.39. The number of carbonyl (C=O) groups is 2. The molecule has 1 aromatic carbocycles. The van der Waals surface area contributed by atoms with Gasteiger partial charge in [-0.25, -0.2) is 4.98 Å². The molecule has 6 nitrogen and oxygen atoms in total. The van der Waals surface area contributed by atoms with Crippen LogP contribution < -0.4 is 5.32 Å². The number of rotatable bonds is 3. The van der Waals surface area contributed by atoms with Gasteiger partial charge in [0.15, 0.2) is 5.01 Å². The van der Waals surface area contributed by atoms with Crippen LogP contribution in [0.2, 0.25) is 5.02 Å². The van der Waals surface area contributed by atoms with Gasteiger partial charge < -0.3 is 10.2 Å². The number of pyridine rings is 1. The predicted octanol–water partition coefficient (Wildman–Crippen LogP) is 3.68. The van der Waals surface area contributed by atoms with E-state index in [0.29, 0.717) is 47.2 Å². The summed E-state index contributed by atoms with van der Waals surface area (Å²) in [6, 6.07) is 10.4. The number of aromatic nitrogens is 2. The molecule has 2 amide bonds. The first kappa shape index (κ1) is 18.6. The molecule has 0 atom stereocenters. The smallest absolute Gasteiger partial charge is 0.284 e. The molecule has 3 heterocycles. The van der Waals surface area contributed by atoms with Crippen molar-refractivity contribution in [1.82, 2.24) is 14.9 Å². The number of halogens is 1. The number of carbonyl (C=O) groups excluding carboxylic acids is 2. The highest BCUT2D eigenvalue weighted by molar-refractivity contribution is 7.13. The van der Waals surface area contributed by atoms with Crippen LogP contribution in [0.15, 0.2) is 48.8 Å². The van der Waals surface area contributed by atoms with Gasteiger partial charge in [-0.05, 0) is 30.3 Å². The molecule has 0 spiro atoms. The molecule has 2 aromatic heterocycles. The van der Waals surface area contributed by atoms with E-state index in [2.05, 4.69) is 15.3 Å². The second-order valence-corrected chi connectivity index (χ2v) is 7.90. The Morgan fingerprint density at radius 2 is 1.89 bits per heavy atom. The van der Waals surface area contributed by atoms with E-state index in [1.54, 1.807) is 48.8 Å². The molecule has 0 radical (unpaired) electrons. The molecule has 0 unspecified atom stereocenters. The third kappa shape index (κ3) is 4.05. The number of benzene rings is 1. The summed E-state index contributed by atoms with van der Waals surface area (Å²) in [5.41, 5.74) is 2.16. The Balaban J connectivity index is 1.44. The standard InChI is InChI=1S/C20H17ClN4O2S/c21-14-3-1-2-13(12-14)20(27)25-10-6-16-17(7-11-25)28-19(24-16)18(26)23-15-4-8-22-9-5-15/h1-5,8-9,12H,6-7,10-11H2,(H,22,23,26). The van der Waals surface area contributed by atoms with Gasteiger partial charge in [-0.1, -0.05) is 17.7 Å². The number of hydrogen-bond donors (Lipinski definition) is 1. The molecule has 0 bridgehead atoms. The van der Waals surface area contributed by atoms with Crippen LogP contribution in [-0.2, 0) is 12.8 Å². The highest BCUT2D eigenvalue weighted by Crippen LogP contribution is 2.24. The lowest BCUT2D eigenvalue weighted by Gasteiger charge is -2.20. The van der Waals surface area contributed by atoms with Crippen molar-refractivity contribution < 1.29 is 9.59 Å². The van der Waals surface area contributed by atoms with Crippen molar-refractivity contribution in [3.05, 3.63) is 75.0 Å². The highest BCUT2D eigenvalue weighted by Gasteiger charge is 2.24. The average molecular weight is 413 g/mol. The molecule has 1 aliphatic heterocycles. The van der Waals surface area contributed by atoms with E-state index in [1.165, 1.54) is 11.3 Å². The van der Waals surface area contributed by atoms with E-state index in [4.69, 9.17) is 11.6 Å². The zero-order chi connectivity index (χ0) is 19.5. The number of anilines is 1. The van der Waals surface area contributed by atoms with E-state index in [9.17, 15) is 9.59 Å². The summed E-state index contributed by atoms with van der Waals surface area (Å²) in [5, 5.41) is 3.82. The summed E-state index contributed by atoms with van der Waals surface area (Å²) in [5.74, 6) is -0.260. The zero-order valence-electron chi connectivity index (χ0n) is 14.9. The van der Waals surface area contributed by atoms with Crippen molar-refractivity contribution in [2.75, 3.05) is 18.4 Å². The van der Waals surface area contributed by atoms with Crippen LogP contribution in [0.25, 0.3) is 0 Å². The van der Waals surface area contributed by atoms with Crippen molar-refractivity contribution in [3.63, 3.8) is 0 Å². The predicted molar refractivity (Wildman–Crippen MR) is 109 cm³/mol. The van der Waals surface area contributed by atoms with Crippen LogP contribution in [0.5, 0.6) is 0 Å². The fourth-order valence-corrected chi connectivity index (χ4v) is 4.27. The van der Waals surface area contributed by atoms with Gasteiger partial charge >= 0.3 is 0 Å². The first-order valence-electron chi connectivity index (χ1n) is 8.85. The lowest BCUT2D eigenvalue weighted by Crippen LogP contribution is -2.33. The summed E-state index contributed by atoms with van der Waals surface area (Å²) in [7, 11) is 0. The lowest BCUT2D eigenvalue weighted by molar-refractivity contribution is 0.0762. The first-order chi connectivity index (χ1) is 13.6. The van der Waals surface area contributed by atoms with Gasteiger partial charge in [0.2, 0.25) is 0 Å². The van der Waals surface area contributed by atoms with Crippen LogP contribution >= 0.6 is 22.9 Å². The fourth-order valence-electron chi connectivity index (χ4n) is 3.09. The molecule has 0 saturated carbocycles. The van der Waals surface area contributed by atoms with Crippen molar-refractivity contribution in [3.8, 4) is 0 Å². The van der Waals surface area contributed by atoms with Crippen LogP contribution in [0, 0.1) is 0 Å². The van der Waals surface area contributed by atoms with Crippen molar-refractivity contribution >= 4 is 40.4 Å². The van der Waals surface area contributed by atoms with E-state index in [1.807, 2.05) is 4.90 Å². The monoisotopic (exact) mass is 412 g/mol. The molecule has 1 aliphatic rings. The zero-order valence-corrected chi connectivity index (χ0v) is 16.5. The van der Waals surface area contributed by atoms with Crippen molar-refractivity contribution in [2.45, 2.75) is 12.8 Å². The SMILES string of the molecule is O=C(Nc1ccncc1)c1nc2c(s1)CCN(C(=O)c1cccc(Cl)c1)CC2. The second kappa shape index (κ2) is 8.08. The summed E-state index contributed by atoms with van der Waals surface area (Å²) < 4.78 is 0. The Bertz CT molecular complexity index is 997. The van der Waals surface area contributed by atoms with Crippen LogP contribution in [0.4, 0.5) is 5.69 Å². The Morgan fingerprint density at radius 3 is 2.68 bits per heavy atom. The molecule has 0 fully saturated rings. The maximum Gasteiger partial charge on any atom is 0.284 e. The molecular formula is C20H17ClN4O2S. The van der Waals surface area contributed by atoms with E-state index < -0.39 is 0 Å². The average Bonchev–Trinajstić information content (AvgIpc) is 3.02. The second-order valence-electron chi connectivity index (χ2n) is 6.38. The number of nitrogens with zero attached hydrogens (tertiary/aromatic N) is 3. The number of hydrogen-bond acceptors (Lipinski definition) is 5. The Morgan fingerprint density at radius 1 is 1.11 bits per heavy atom. The summed E-state index contributed by atoms with van der Waals surface area (Å²) in [4.78, 5) is 36.5. The lowest BCUT2D eigenvalue weighted by atomic mass is 10.2. The van der Waals surface area contributed by atoms with Gasteiger partial charge in [-0.2, -0.15) is 0 Å². The Labute approximate surface area is 171 Å². The van der Waals surface area contributed by atoms with E-state index in [-0.39, 0.29) is 11.8 Å². The molecule has 4 rings (SSSR count). The topological polar surface area (TPSA) is 75.2 Å².